The van der Waals surface area contributed by atoms with Crippen molar-refractivity contribution in [3.8, 4) is 6.07 Å². The zero-order chi connectivity index (χ0) is 20.4. The fourth-order valence-corrected chi connectivity index (χ4v) is 5.10. The number of nitriles is 1. The highest BCUT2D eigenvalue weighted by molar-refractivity contribution is 7.98. The molecule has 4 aromatic rings. The van der Waals surface area contributed by atoms with Crippen LogP contribution in [0.15, 0.2) is 58.6 Å². The Kier molecular flexibility index (Phi) is 5.47. The average molecular weight is 419 g/mol. The third kappa shape index (κ3) is 3.95. The molecule has 0 unspecified atom stereocenters. The number of hydrogen-bond donors (Lipinski definition) is 0. The molecule has 1 aromatic carbocycles. The summed E-state index contributed by atoms with van der Waals surface area (Å²) in [7, 11) is 0. The summed E-state index contributed by atoms with van der Waals surface area (Å²) in [5.74, 6) is 0.624. The zero-order valence-electron chi connectivity index (χ0n) is 16.0. The number of thiophene rings is 1. The quantitative estimate of drug-likeness (QED) is 0.347. The van der Waals surface area contributed by atoms with Gasteiger partial charge in [-0.2, -0.15) is 5.26 Å². The first-order valence-electron chi connectivity index (χ1n) is 9.09. The third-order valence-corrected chi connectivity index (χ3v) is 6.87. The highest BCUT2D eigenvalue weighted by Crippen LogP contribution is 2.29. The van der Waals surface area contributed by atoms with Crippen LogP contribution in [-0.2, 0) is 12.3 Å². The molecule has 3 heterocycles. The van der Waals surface area contributed by atoms with E-state index in [4.69, 9.17) is 10.2 Å². The van der Waals surface area contributed by atoms with Crippen LogP contribution in [0.4, 0.5) is 0 Å². The molecule has 0 atom stereocenters. The summed E-state index contributed by atoms with van der Waals surface area (Å²) in [6.45, 7) is 4.37. The molecule has 0 spiro atoms. The van der Waals surface area contributed by atoms with Gasteiger partial charge in [0.25, 0.3) is 5.56 Å². The van der Waals surface area contributed by atoms with Gasteiger partial charge in [0.05, 0.1) is 29.3 Å². The fourth-order valence-electron chi connectivity index (χ4n) is 3.09. The van der Waals surface area contributed by atoms with Crippen molar-refractivity contribution in [2.24, 2.45) is 0 Å². The number of benzene rings is 1. The standard InChI is InChI=1S/C22H18N4OS2/c1-14-15(2)29-20-19(14)21(27)26(12-18-8-3-4-9-24-18)22(25-20)28-13-17-7-5-6-16(10-17)11-23/h3-10H,12-13H2,1-2H3. The Hall–Kier alpha value is -2.95. The van der Waals surface area contributed by atoms with E-state index in [2.05, 4.69) is 11.1 Å². The highest BCUT2D eigenvalue weighted by Gasteiger charge is 2.17. The SMILES string of the molecule is Cc1sc2nc(SCc3cccc(C#N)c3)n(Cc3ccccn3)c(=O)c2c1C. The maximum Gasteiger partial charge on any atom is 0.263 e. The Morgan fingerprint density at radius 1 is 1.21 bits per heavy atom. The lowest BCUT2D eigenvalue weighted by Gasteiger charge is -2.12. The number of aromatic nitrogens is 3. The second-order valence-electron chi connectivity index (χ2n) is 6.67. The van der Waals surface area contributed by atoms with E-state index in [1.54, 1.807) is 28.2 Å². The van der Waals surface area contributed by atoms with Gasteiger partial charge >= 0.3 is 0 Å². The van der Waals surface area contributed by atoms with Crippen LogP contribution in [0.2, 0.25) is 0 Å². The molecule has 0 aliphatic rings. The van der Waals surface area contributed by atoms with E-state index < -0.39 is 0 Å². The summed E-state index contributed by atoms with van der Waals surface area (Å²) in [6.07, 6.45) is 1.73. The van der Waals surface area contributed by atoms with Gasteiger partial charge in [0.15, 0.2) is 5.16 Å². The van der Waals surface area contributed by atoms with Crippen molar-refractivity contribution in [1.82, 2.24) is 14.5 Å². The molecular weight excluding hydrogens is 400 g/mol. The van der Waals surface area contributed by atoms with Crippen molar-refractivity contribution < 1.29 is 0 Å². The number of fused-ring (bicyclic) bond motifs is 1. The molecule has 0 radical (unpaired) electrons. The molecule has 4 rings (SSSR count). The topological polar surface area (TPSA) is 71.6 Å². The van der Waals surface area contributed by atoms with Gasteiger partial charge in [0.1, 0.15) is 4.83 Å². The van der Waals surface area contributed by atoms with Gasteiger partial charge in [0, 0.05) is 16.8 Å². The Balaban J connectivity index is 1.77. The van der Waals surface area contributed by atoms with E-state index in [1.807, 2.05) is 50.2 Å². The van der Waals surface area contributed by atoms with Crippen LogP contribution in [0.1, 0.15) is 27.3 Å². The first-order valence-corrected chi connectivity index (χ1v) is 10.9. The summed E-state index contributed by atoms with van der Waals surface area (Å²) >= 11 is 3.06. The van der Waals surface area contributed by atoms with E-state index in [0.717, 1.165) is 26.5 Å². The Labute approximate surface area is 176 Å². The van der Waals surface area contributed by atoms with Crippen molar-refractivity contribution in [1.29, 1.82) is 5.26 Å². The van der Waals surface area contributed by atoms with E-state index in [-0.39, 0.29) is 5.56 Å². The van der Waals surface area contributed by atoms with Gasteiger partial charge in [-0.25, -0.2) is 4.98 Å². The maximum absolute atomic E-state index is 13.3. The fraction of sp³-hybridized carbons (Fsp3) is 0.182. The van der Waals surface area contributed by atoms with Crippen molar-refractivity contribution in [2.75, 3.05) is 0 Å². The van der Waals surface area contributed by atoms with E-state index in [0.29, 0.717) is 28.4 Å². The lowest BCUT2D eigenvalue weighted by Crippen LogP contribution is -2.24. The van der Waals surface area contributed by atoms with Crippen molar-refractivity contribution in [3.63, 3.8) is 0 Å². The summed E-state index contributed by atoms with van der Waals surface area (Å²) in [4.78, 5) is 24.4. The van der Waals surface area contributed by atoms with Gasteiger partial charge in [-0.1, -0.05) is 30.0 Å². The second kappa shape index (κ2) is 8.19. The first kappa shape index (κ1) is 19.4. The number of nitrogens with zero attached hydrogens (tertiary/aromatic N) is 4. The number of aryl methyl sites for hydroxylation is 2. The zero-order valence-corrected chi connectivity index (χ0v) is 17.7. The average Bonchev–Trinajstić information content (AvgIpc) is 3.03. The predicted octanol–water partition coefficient (Wildman–Crippen LogP) is 4.68. The Morgan fingerprint density at radius 3 is 2.83 bits per heavy atom. The van der Waals surface area contributed by atoms with E-state index in [9.17, 15) is 4.79 Å². The first-order chi connectivity index (χ1) is 14.1. The van der Waals surface area contributed by atoms with Crippen molar-refractivity contribution in [2.45, 2.75) is 31.3 Å². The van der Waals surface area contributed by atoms with Crippen LogP contribution < -0.4 is 5.56 Å². The minimum absolute atomic E-state index is 0.0317. The van der Waals surface area contributed by atoms with Crippen LogP contribution >= 0.6 is 23.1 Å². The molecule has 144 valence electrons. The molecule has 5 nitrogen and oxygen atoms in total. The van der Waals surface area contributed by atoms with Crippen molar-refractivity contribution >= 4 is 33.3 Å². The number of rotatable bonds is 5. The molecule has 0 bridgehead atoms. The van der Waals surface area contributed by atoms with Crippen LogP contribution in [0.5, 0.6) is 0 Å². The monoisotopic (exact) mass is 418 g/mol. The maximum atomic E-state index is 13.3. The van der Waals surface area contributed by atoms with Gasteiger partial charge in [-0.3, -0.25) is 14.3 Å². The predicted molar refractivity (Wildman–Crippen MR) is 117 cm³/mol. The molecule has 7 heteroatoms. The molecule has 29 heavy (non-hydrogen) atoms. The Bertz CT molecular complexity index is 1290. The van der Waals surface area contributed by atoms with Gasteiger partial charge in [-0.15, -0.1) is 11.3 Å². The van der Waals surface area contributed by atoms with E-state index >= 15 is 0 Å². The van der Waals surface area contributed by atoms with Gasteiger partial charge in [-0.05, 0) is 49.2 Å². The lowest BCUT2D eigenvalue weighted by molar-refractivity contribution is 0.647. The summed E-state index contributed by atoms with van der Waals surface area (Å²) in [6, 6.07) is 15.4. The largest absolute Gasteiger partial charge is 0.281 e. The molecule has 0 aliphatic carbocycles. The van der Waals surface area contributed by atoms with Crippen LogP contribution in [0.3, 0.4) is 0 Å². The van der Waals surface area contributed by atoms with Gasteiger partial charge < -0.3 is 0 Å². The molecule has 0 fully saturated rings. The molecule has 0 amide bonds. The molecule has 0 N–H and O–H groups in total. The van der Waals surface area contributed by atoms with Crippen LogP contribution in [-0.4, -0.2) is 14.5 Å². The summed E-state index contributed by atoms with van der Waals surface area (Å²) in [5.41, 5.74) is 3.42. The van der Waals surface area contributed by atoms with Crippen LogP contribution in [0, 0.1) is 25.2 Å². The minimum Gasteiger partial charge on any atom is -0.281 e. The number of hydrogen-bond acceptors (Lipinski definition) is 6. The lowest BCUT2D eigenvalue weighted by atomic mass is 10.2. The third-order valence-electron chi connectivity index (χ3n) is 4.72. The Morgan fingerprint density at radius 2 is 2.07 bits per heavy atom. The van der Waals surface area contributed by atoms with Crippen molar-refractivity contribution in [3.05, 3.63) is 86.3 Å². The summed E-state index contributed by atoms with van der Waals surface area (Å²) in [5, 5.41) is 10.5. The molecule has 0 saturated heterocycles. The summed E-state index contributed by atoms with van der Waals surface area (Å²) < 4.78 is 1.71. The van der Waals surface area contributed by atoms with Gasteiger partial charge in [0.2, 0.25) is 0 Å². The van der Waals surface area contributed by atoms with E-state index in [1.165, 1.54) is 11.8 Å². The molecule has 0 aliphatic heterocycles. The normalized spacial score (nSPS) is 10.9. The van der Waals surface area contributed by atoms with Crippen LogP contribution in [0.25, 0.3) is 10.2 Å². The molecule has 3 aromatic heterocycles. The molecule has 0 saturated carbocycles. The second-order valence-corrected chi connectivity index (χ2v) is 8.82. The molecular formula is C22H18N4OS2. The highest BCUT2D eigenvalue weighted by atomic mass is 32.2. The number of pyridine rings is 1. The number of thioether (sulfide) groups is 1. The minimum atomic E-state index is -0.0317. The smallest absolute Gasteiger partial charge is 0.263 e.